The molecule has 1 amide bonds. The van der Waals surface area contributed by atoms with E-state index in [1.54, 1.807) is 7.11 Å². The van der Waals surface area contributed by atoms with Crippen LogP contribution in [0.5, 0.6) is 11.5 Å². The average Bonchev–Trinajstić information content (AvgIpc) is 3.24. The van der Waals surface area contributed by atoms with Gasteiger partial charge in [-0.25, -0.2) is 0 Å². The third-order valence-corrected chi connectivity index (χ3v) is 8.18. The number of benzene rings is 1. The van der Waals surface area contributed by atoms with Crippen LogP contribution in [0.2, 0.25) is 0 Å². The summed E-state index contributed by atoms with van der Waals surface area (Å²) in [6.07, 6.45) is 3.25. The fraction of sp³-hybridized carbons (Fsp3) is 0.720. The Morgan fingerprint density at radius 2 is 2.10 bits per heavy atom. The lowest BCUT2D eigenvalue weighted by Gasteiger charge is -2.53. The Kier molecular flexibility index (Phi) is 5.99. The van der Waals surface area contributed by atoms with Crippen LogP contribution in [0, 0.1) is 28.6 Å². The summed E-state index contributed by atoms with van der Waals surface area (Å²) in [5, 5.41) is 12.5. The molecule has 6 heteroatoms. The van der Waals surface area contributed by atoms with E-state index in [0.29, 0.717) is 29.9 Å². The summed E-state index contributed by atoms with van der Waals surface area (Å²) >= 11 is 0. The number of amides is 1. The normalized spacial score (nSPS) is 33.3. The van der Waals surface area contributed by atoms with Crippen LogP contribution in [0.25, 0.3) is 0 Å². The molecule has 3 fully saturated rings. The van der Waals surface area contributed by atoms with Gasteiger partial charge in [0.15, 0.2) is 11.5 Å². The topological polar surface area (TPSA) is 77.0 Å². The van der Waals surface area contributed by atoms with Gasteiger partial charge in [-0.05, 0) is 59.6 Å². The number of carbonyl (C=O) groups excluding carboxylic acids is 1. The van der Waals surface area contributed by atoms with Crippen LogP contribution < -0.4 is 14.8 Å². The molecule has 3 aliphatic rings. The number of carbonyl (C=O) groups is 1. The Morgan fingerprint density at radius 1 is 1.32 bits per heavy atom. The van der Waals surface area contributed by atoms with Crippen molar-refractivity contribution in [2.75, 3.05) is 26.9 Å². The van der Waals surface area contributed by atoms with E-state index >= 15 is 0 Å². The van der Waals surface area contributed by atoms with E-state index in [1.807, 2.05) is 26.0 Å². The van der Waals surface area contributed by atoms with Crippen LogP contribution in [0.1, 0.15) is 58.6 Å². The summed E-state index contributed by atoms with van der Waals surface area (Å²) in [7, 11) is 1.63. The summed E-state index contributed by atoms with van der Waals surface area (Å²) in [5.74, 6) is 2.35. The number of fused-ring (bicyclic) bond motifs is 1. The van der Waals surface area contributed by atoms with Crippen molar-refractivity contribution in [2.45, 2.75) is 59.1 Å². The van der Waals surface area contributed by atoms with Crippen molar-refractivity contribution in [2.24, 2.45) is 28.6 Å². The molecule has 6 nitrogen and oxygen atoms in total. The molecular weight excluding hydrogens is 394 g/mol. The maximum Gasteiger partial charge on any atom is 0.222 e. The van der Waals surface area contributed by atoms with Crippen LogP contribution in [-0.2, 0) is 9.53 Å². The van der Waals surface area contributed by atoms with Crippen LogP contribution in [0.15, 0.2) is 18.2 Å². The Bertz CT molecular complexity index is 822. The minimum absolute atomic E-state index is 0.0175. The lowest BCUT2D eigenvalue weighted by molar-refractivity contribution is -0.139. The van der Waals surface area contributed by atoms with Gasteiger partial charge in [-0.2, -0.15) is 0 Å². The highest BCUT2D eigenvalue weighted by Gasteiger charge is 2.68. The largest absolute Gasteiger partial charge is 0.493 e. The number of rotatable bonds is 7. The van der Waals surface area contributed by atoms with Gasteiger partial charge in [-0.3, -0.25) is 4.79 Å². The molecule has 1 heterocycles. The number of hydrogen-bond donors (Lipinski definition) is 2. The molecule has 2 aliphatic carbocycles. The number of ether oxygens (including phenoxy) is 3. The number of hydrogen-bond acceptors (Lipinski definition) is 5. The molecule has 5 atom stereocenters. The van der Waals surface area contributed by atoms with E-state index in [0.717, 1.165) is 24.8 Å². The van der Waals surface area contributed by atoms with E-state index in [9.17, 15) is 4.79 Å². The molecular formula is C25H37NO5. The molecule has 172 valence electrons. The van der Waals surface area contributed by atoms with Crippen molar-refractivity contribution < 1.29 is 24.1 Å². The van der Waals surface area contributed by atoms with E-state index in [-0.39, 0.29) is 48.0 Å². The quantitative estimate of drug-likeness (QED) is 0.688. The predicted molar refractivity (Wildman–Crippen MR) is 118 cm³/mol. The van der Waals surface area contributed by atoms with Crippen molar-refractivity contribution in [3.63, 3.8) is 0 Å². The van der Waals surface area contributed by atoms with Gasteiger partial charge < -0.3 is 24.6 Å². The first-order valence-electron chi connectivity index (χ1n) is 11.6. The molecule has 1 aromatic carbocycles. The van der Waals surface area contributed by atoms with Gasteiger partial charge in [0.2, 0.25) is 5.91 Å². The number of aliphatic hydroxyl groups excluding tert-OH is 1. The molecule has 1 aliphatic heterocycles. The van der Waals surface area contributed by atoms with Gasteiger partial charge in [0.25, 0.3) is 0 Å². The zero-order valence-corrected chi connectivity index (χ0v) is 19.4. The van der Waals surface area contributed by atoms with Crippen molar-refractivity contribution in [1.29, 1.82) is 0 Å². The number of nitrogens with one attached hydrogen (secondary N) is 1. The molecule has 2 bridgehead atoms. The lowest BCUT2D eigenvalue weighted by atomic mass is 9.58. The number of aliphatic hydroxyl groups is 1. The third kappa shape index (κ3) is 3.62. The second-order valence-electron chi connectivity index (χ2n) is 10.4. The minimum atomic E-state index is -0.0398. The zero-order chi connectivity index (χ0) is 22.4. The van der Waals surface area contributed by atoms with Gasteiger partial charge in [-0.1, -0.05) is 33.8 Å². The third-order valence-electron chi connectivity index (χ3n) is 8.18. The standard InChI is InChI=1S/C25H37NO5/c1-15(2)22(28)26-23-24(3,4)17-13-18-21(31-10-8-25(18,23)14-17)16-6-7-19(30-11-9-27)20(12-16)29-5/h6-7,12,15,17-18,21,23,27H,8-11,13-14H2,1-5H3,(H,26,28)/t17-,18-,21-,23+,25?/m1/s1. The number of methoxy groups -OCH3 is 1. The molecule has 31 heavy (non-hydrogen) atoms. The average molecular weight is 432 g/mol. The molecule has 0 radical (unpaired) electrons. The molecule has 1 saturated heterocycles. The second-order valence-corrected chi connectivity index (χ2v) is 10.4. The van der Waals surface area contributed by atoms with Crippen LogP contribution >= 0.6 is 0 Å². The maximum absolute atomic E-state index is 12.7. The first-order chi connectivity index (χ1) is 14.7. The molecule has 2 N–H and O–H groups in total. The Labute approximate surface area is 185 Å². The minimum Gasteiger partial charge on any atom is -0.493 e. The molecule has 1 spiro atoms. The van der Waals surface area contributed by atoms with Crippen LogP contribution in [0.3, 0.4) is 0 Å². The highest BCUT2D eigenvalue weighted by molar-refractivity contribution is 5.78. The first kappa shape index (κ1) is 22.4. The SMILES string of the molecule is COc1cc([C@H]2OCCC34C[C@@H](C[C@H]23)C(C)(C)[C@@H]4NC(=O)C(C)C)ccc1OCCO. The Balaban J connectivity index is 1.64. The molecule has 0 aromatic heterocycles. The van der Waals surface area contributed by atoms with Gasteiger partial charge in [0.1, 0.15) is 6.61 Å². The summed E-state index contributed by atoms with van der Waals surface area (Å²) in [6.45, 7) is 9.47. The maximum atomic E-state index is 12.7. The highest BCUT2D eigenvalue weighted by atomic mass is 16.5. The summed E-state index contributed by atoms with van der Waals surface area (Å²) in [4.78, 5) is 12.7. The molecule has 1 aromatic rings. The summed E-state index contributed by atoms with van der Waals surface area (Å²) in [5.41, 5.74) is 1.25. The first-order valence-corrected chi connectivity index (χ1v) is 11.6. The smallest absolute Gasteiger partial charge is 0.222 e. The van der Waals surface area contributed by atoms with Gasteiger partial charge in [-0.15, -0.1) is 0 Å². The molecule has 2 saturated carbocycles. The van der Waals surface area contributed by atoms with Gasteiger partial charge in [0, 0.05) is 18.6 Å². The second kappa shape index (κ2) is 8.28. The molecule has 1 unspecified atom stereocenters. The fourth-order valence-electron chi connectivity index (χ4n) is 6.56. The monoisotopic (exact) mass is 431 g/mol. The van der Waals surface area contributed by atoms with Gasteiger partial charge in [0.05, 0.1) is 19.8 Å². The van der Waals surface area contributed by atoms with E-state index in [1.165, 1.54) is 0 Å². The highest BCUT2D eigenvalue weighted by Crippen LogP contribution is 2.70. The molecule has 4 rings (SSSR count). The van der Waals surface area contributed by atoms with Gasteiger partial charge >= 0.3 is 0 Å². The Morgan fingerprint density at radius 3 is 2.77 bits per heavy atom. The zero-order valence-electron chi connectivity index (χ0n) is 19.4. The van der Waals surface area contributed by atoms with Crippen molar-refractivity contribution in [3.05, 3.63) is 23.8 Å². The van der Waals surface area contributed by atoms with Crippen LogP contribution in [-0.4, -0.2) is 44.0 Å². The van der Waals surface area contributed by atoms with E-state index in [4.69, 9.17) is 19.3 Å². The predicted octanol–water partition coefficient (Wildman–Crippen LogP) is 3.72. The Hall–Kier alpha value is -1.79. The van der Waals surface area contributed by atoms with E-state index in [2.05, 4.69) is 25.2 Å². The van der Waals surface area contributed by atoms with Crippen molar-refractivity contribution in [3.8, 4) is 11.5 Å². The van der Waals surface area contributed by atoms with Crippen molar-refractivity contribution in [1.82, 2.24) is 5.32 Å². The fourth-order valence-corrected chi connectivity index (χ4v) is 6.56. The van der Waals surface area contributed by atoms with Crippen molar-refractivity contribution >= 4 is 5.91 Å². The summed E-state index contributed by atoms with van der Waals surface area (Å²) in [6, 6.07) is 6.13. The summed E-state index contributed by atoms with van der Waals surface area (Å²) < 4.78 is 17.5. The van der Waals surface area contributed by atoms with E-state index < -0.39 is 0 Å². The van der Waals surface area contributed by atoms with Crippen LogP contribution in [0.4, 0.5) is 0 Å². The lowest BCUT2D eigenvalue weighted by Crippen LogP contribution is -2.59.